The summed E-state index contributed by atoms with van der Waals surface area (Å²) in [7, 11) is 1.63. The largest absolute Gasteiger partial charge is 0.371 e. The van der Waals surface area contributed by atoms with Gasteiger partial charge in [0.1, 0.15) is 5.69 Å². The van der Waals surface area contributed by atoms with Gasteiger partial charge in [0.25, 0.3) is 0 Å². The summed E-state index contributed by atoms with van der Waals surface area (Å²) in [4.78, 5) is 14.5. The van der Waals surface area contributed by atoms with Gasteiger partial charge in [-0.25, -0.2) is 9.69 Å². The molecule has 1 aliphatic rings. The van der Waals surface area contributed by atoms with Crippen LogP contribution in [0, 0.1) is 0 Å². The van der Waals surface area contributed by atoms with Gasteiger partial charge in [0.05, 0.1) is 11.3 Å². The van der Waals surface area contributed by atoms with Gasteiger partial charge < -0.3 is 14.5 Å². The van der Waals surface area contributed by atoms with E-state index in [4.69, 9.17) is 4.52 Å². The first kappa shape index (κ1) is 13.2. The van der Waals surface area contributed by atoms with E-state index in [2.05, 4.69) is 5.16 Å². The van der Waals surface area contributed by atoms with Gasteiger partial charge in [0.2, 0.25) is 5.88 Å². The van der Waals surface area contributed by atoms with E-state index < -0.39 is 6.23 Å². The maximum Gasteiger partial charge on any atom is 0.329 e. The number of β-amino-alcohol motifs (C(OH)–C–C–N with tert-alkyl or cyclic N) is 1. The van der Waals surface area contributed by atoms with Gasteiger partial charge in [-0.3, -0.25) is 0 Å². The number of carbonyl (C=O) groups excluding carboxylic acids is 1. The molecule has 1 aromatic heterocycles. The highest BCUT2D eigenvalue weighted by atomic mass is 32.2. The van der Waals surface area contributed by atoms with Gasteiger partial charge in [0.15, 0.2) is 6.23 Å². The molecule has 1 atom stereocenters. The first-order valence-electron chi connectivity index (χ1n) is 5.61. The molecule has 0 aliphatic carbocycles. The number of likely N-dealkylation sites (N-methyl/N-ethyl adjacent to an activating group) is 1. The molecule has 100 valence electrons. The fraction of sp³-hybridized carbons (Fsp3) is 0.636. The summed E-state index contributed by atoms with van der Waals surface area (Å²) in [6.45, 7) is 4.31. The highest BCUT2D eigenvalue weighted by Gasteiger charge is 2.38. The number of rotatable bonds is 3. The van der Waals surface area contributed by atoms with Crippen molar-refractivity contribution in [2.24, 2.45) is 0 Å². The van der Waals surface area contributed by atoms with Gasteiger partial charge in [-0.05, 0) is 20.1 Å². The number of hydrogen-bond acceptors (Lipinski definition) is 5. The zero-order valence-corrected chi connectivity index (χ0v) is 11.7. The zero-order valence-electron chi connectivity index (χ0n) is 10.9. The van der Waals surface area contributed by atoms with E-state index >= 15 is 0 Å². The molecule has 1 saturated heterocycles. The van der Waals surface area contributed by atoms with Crippen LogP contribution in [0.15, 0.2) is 10.6 Å². The molecular formula is C11H17N3O3S. The second-order valence-corrected chi connectivity index (χ2v) is 6.21. The molecule has 0 radical (unpaired) electrons. The van der Waals surface area contributed by atoms with E-state index in [0.29, 0.717) is 0 Å². The average molecular weight is 271 g/mol. The lowest BCUT2D eigenvalue weighted by atomic mass is 10.1. The number of anilines is 1. The van der Waals surface area contributed by atoms with Crippen LogP contribution in [0.3, 0.4) is 0 Å². The fourth-order valence-electron chi connectivity index (χ4n) is 1.72. The van der Waals surface area contributed by atoms with E-state index in [1.165, 1.54) is 9.80 Å². The molecule has 2 amide bonds. The first-order valence-corrected chi connectivity index (χ1v) is 6.84. The van der Waals surface area contributed by atoms with Crippen LogP contribution in [0.2, 0.25) is 0 Å². The standard InChI is InChI=1S/C11H17N3O3S/c1-11(2,18-4)7-5-9(17-12-7)14-8(15)6-13(3)10(14)16/h5,8,15H,6H2,1-4H3. The van der Waals surface area contributed by atoms with E-state index in [9.17, 15) is 9.90 Å². The Morgan fingerprint density at radius 2 is 2.28 bits per heavy atom. The van der Waals surface area contributed by atoms with Crippen molar-refractivity contribution < 1.29 is 14.4 Å². The Kier molecular flexibility index (Phi) is 3.29. The molecule has 0 aromatic carbocycles. The summed E-state index contributed by atoms with van der Waals surface area (Å²) in [6.07, 6.45) is 1.10. The Labute approximate surface area is 110 Å². The number of urea groups is 1. The lowest BCUT2D eigenvalue weighted by molar-refractivity contribution is 0.179. The smallest absolute Gasteiger partial charge is 0.329 e. The molecular weight excluding hydrogens is 254 g/mol. The van der Waals surface area contributed by atoms with Crippen molar-refractivity contribution in [2.75, 3.05) is 24.7 Å². The van der Waals surface area contributed by atoms with Crippen molar-refractivity contribution in [2.45, 2.75) is 24.8 Å². The molecule has 2 heterocycles. The van der Waals surface area contributed by atoms with Crippen LogP contribution in [0.25, 0.3) is 0 Å². The molecule has 1 aromatic rings. The van der Waals surface area contributed by atoms with Crippen LogP contribution in [0.5, 0.6) is 0 Å². The Morgan fingerprint density at radius 1 is 1.61 bits per heavy atom. The number of aliphatic hydroxyl groups is 1. The summed E-state index contributed by atoms with van der Waals surface area (Å²) in [6, 6.07) is 1.42. The summed E-state index contributed by atoms with van der Waals surface area (Å²) in [5, 5.41) is 13.8. The van der Waals surface area contributed by atoms with Crippen molar-refractivity contribution in [1.29, 1.82) is 0 Å². The third kappa shape index (κ3) is 2.08. The Hall–Kier alpha value is -1.21. The zero-order chi connectivity index (χ0) is 13.5. The van der Waals surface area contributed by atoms with Crippen LogP contribution in [0.4, 0.5) is 10.7 Å². The number of amides is 2. The maximum atomic E-state index is 11.8. The van der Waals surface area contributed by atoms with Crippen LogP contribution < -0.4 is 4.90 Å². The summed E-state index contributed by atoms with van der Waals surface area (Å²) in [5.74, 6) is 0.286. The minimum atomic E-state index is -0.888. The second kappa shape index (κ2) is 4.47. The quantitative estimate of drug-likeness (QED) is 0.901. The molecule has 1 N–H and O–H groups in total. The number of thioether (sulfide) groups is 1. The van der Waals surface area contributed by atoms with Crippen molar-refractivity contribution >= 4 is 23.7 Å². The van der Waals surface area contributed by atoms with Gasteiger partial charge in [0, 0.05) is 13.1 Å². The van der Waals surface area contributed by atoms with E-state index in [-0.39, 0.29) is 23.2 Å². The van der Waals surface area contributed by atoms with Gasteiger partial charge >= 0.3 is 6.03 Å². The molecule has 18 heavy (non-hydrogen) atoms. The molecule has 0 saturated carbocycles. The predicted octanol–water partition coefficient (Wildman–Crippen LogP) is 1.46. The Balaban J connectivity index is 2.28. The fourth-order valence-corrected chi connectivity index (χ4v) is 2.03. The molecule has 1 fully saturated rings. The average Bonchev–Trinajstić information content (AvgIpc) is 2.86. The Bertz CT molecular complexity index is 460. The van der Waals surface area contributed by atoms with E-state index in [1.54, 1.807) is 24.9 Å². The minimum Gasteiger partial charge on any atom is -0.371 e. The first-order chi connectivity index (χ1) is 8.36. The number of aliphatic hydroxyl groups excluding tert-OH is 1. The number of hydrogen-bond donors (Lipinski definition) is 1. The van der Waals surface area contributed by atoms with E-state index in [1.807, 2.05) is 20.1 Å². The van der Waals surface area contributed by atoms with Gasteiger partial charge in [-0.1, -0.05) is 5.16 Å². The third-order valence-electron chi connectivity index (χ3n) is 3.13. The second-order valence-electron chi connectivity index (χ2n) is 4.78. The predicted molar refractivity (Wildman–Crippen MR) is 69.6 cm³/mol. The maximum absolute atomic E-state index is 11.8. The van der Waals surface area contributed by atoms with Crippen molar-refractivity contribution in [3.05, 3.63) is 11.8 Å². The molecule has 6 nitrogen and oxygen atoms in total. The minimum absolute atomic E-state index is 0.193. The molecule has 1 aliphatic heterocycles. The topological polar surface area (TPSA) is 69.8 Å². The van der Waals surface area contributed by atoms with Gasteiger partial charge in [-0.15, -0.1) is 0 Å². The summed E-state index contributed by atoms with van der Waals surface area (Å²) in [5.41, 5.74) is 0.750. The monoisotopic (exact) mass is 271 g/mol. The normalized spacial score (nSPS) is 20.9. The van der Waals surface area contributed by atoms with Crippen LogP contribution in [-0.4, -0.2) is 47.3 Å². The Morgan fingerprint density at radius 3 is 2.78 bits per heavy atom. The van der Waals surface area contributed by atoms with Gasteiger partial charge in [-0.2, -0.15) is 11.8 Å². The molecule has 7 heteroatoms. The molecule has 1 unspecified atom stereocenters. The highest BCUT2D eigenvalue weighted by molar-refractivity contribution is 7.99. The van der Waals surface area contributed by atoms with Crippen molar-refractivity contribution in [3.8, 4) is 0 Å². The SMILES string of the molecule is CSC(C)(C)c1cc(N2C(=O)N(C)CC2O)on1. The number of nitrogens with zero attached hydrogens (tertiary/aromatic N) is 3. The highest BCUT2D eigenvalue weighted by Crippen LogP contribution is 2.35. The summed E-state index contributed by atoms with van der Waals surface area (Å²) < 4.78 is 4.99. The number of aromatic nitrogens is 1. The molecule has 2 rings (SSSR count). The summed E-state index contributed by atoms with van der Waals surface area (Å²) >= 11 is 1.64. The molecule has 0 bridgehead atoms. The van der Waals surface area contributed by atoms with Crippen molar-refractivity contribution in [3.63, 3.8) is 0 Å². The lowest BCUT2D eigenvalue weighted by Crippen LogP contribution is -2.33. The van der Waals surface area contributed by atoms with Crippen LogP contribution >= 0.6 is 11.8 Å². The van der Waals surface area contributed by atoms with Crippen LogP contribution in [0.1, 0.15) is 19.5 Å². The third-order valence-corrected chi connectivity index (χ3v) is 4.36. The molecule has 0 spiro atoms. The van der Waals surface area contributed by atoms with Crippen molar-refractivity contribution in [1.82, 2.24) is 10.1 Å². The number of carbonyl (C=O) groups is 1. The van der Waals surface area contributed by atoms with Crippen LogP contribution in [-0.2, 0) is 4.75 Å². The lowest BCUT2D eigenvalue weighted by Gasteiger charge is -2.18. The van der Waals surface area contributed by atoms with E-state index in [0.717, 1.165) is 5.69 Å².